The van der Waals surface area contributed by atoms with Gasteiger partial charge in [0.2, 0.25) is 0 Å². The van der Waals surface area contributed by atoms with Crippen molar-refractivity contribution in [3.05, 3.63) is 32.2 Å². The van der Waals surface area contributed by atoms with Crippen LogP contribution in [0.1, 0.15) is 10.4 Å². The first kappa shape index (κ1) is 10.7. The number of halogens is 1. The van der Waals surface area contributed by atoms with E-state index in [1.807, 2.05) is 22.6 Å². The molecule has 0 aliphatic carbocycles. The minimum absolute atomic E-state index is 0.0982. The highest BCUT2D eigenvalue weighted by Crippen LogP contribution is 2.22. The molecule has 0 saturated carbocycles. The molecule has 0 aliphatic rings. The Bertz CT molecular complexity index is 405. The van der Waals surface area contributed by atoms with E-state index in [0.717, 1.165) is 3.57 Å². The maximum atomic E-state index is 11.0. The van der Waals surface area contributed by atoms with Crippen molar-refractivity contribution in [1.29, 1.82) is 0 Å². The number of carbonyl (C=O) groups excluding carboxylic acids is 1. The molecule has 0 atom stereocenters. The predicted molar refractivity (Wildman–Crippen MR) is 58.0 cm³/mol. The molecule has 7 heteroatoms. The molecule has 0 fully saturated rings. The summed E-state index contributed by atoms with van der Waals surface area (Å²) < 4.78 is 0.797. The third-order valence-electron chi connectivity index (χ3n) is 1.44. The number of nitrogens with zero attached hydrogens (tertiary/aromatic N) is 3. The summed E-state index contributed by atoms with van der Waals surface area (Å²) in [5.41, 5.74) is 0.332. The van der Waals surface area contributed by atoms with Gasteiger partial charge in [-0.3, -0.25) is 4.79 Å². The molecule has 0 aliphatic heterocycles. The molecular formula is C7H5IN4O2. The highest BCUT2D eigenvalue weighted by molar-refractivity contribution is 14.1. The molecule has 0 unspecified atom stereocenters. The van der Waals surface area contributed by atoms with Gasteiger partial charge in [-0.05, 0) is 40.8 Å². The van der Waals surface area contributed by atoms with Gasteiger partial charge in [0.25, 0.3) is 0 Å². The third-order valence-corrected chi connectivity index (χ3v) is 2.11. The van der Waals surface area contributed by atoms with E-state index in [1.54, 1.807) is 6.07 Å². The average Bonchev–Trinajstić information content (AvgIpc) is 2.20. The van der Waals surface area contributed by atoms with Crippen LogP contribution in [0, 0.1) is 8.48 Å². The Morgan fingerprint density at radius 2 is 2.14 bits per heavy atom. The summed E-state index contributed by atoms with van der Waals surface area (Å²) in [4.78, 5) is 21.1. The SMILES string of the molecule is NN=Nc1ccc(I)cc1C(=O)N=O. The topological polar surface area (TPSA) is 97.2 Å². The smallest absolute Gasteiger partial charge is 0.305 e. The van der Waals surface area contributed by atoms with Crippen molar-refractivity contribution in [3.8, 4) is 0 Å². The fourth-order valence-corrected chi connectivity index (χ4v) is 1.37. The number of hydrogen-bond donors (Lipinski definition) is 1. The lowest BCUT2D eigenvalue weighted by atomic mass is 10.2. The molecule has 6 nitrogen and oxygen atoms in total. The van der Waals surface area contributed by atoms with E-state index in [-0.39, 0.29) is 11.3 Å². The van der Waals surface area contributed by atoms with Crippen molar-refractivity contribution < 1.29 is 4.79 Å². The monoisotopic (exact) mass is 304 g/mol. The zero-order valence-corrected chi connectivity index (χ0v) is 9.00. The van der Waals surface area contributed by atoms with Crippen LogP contribution in [-0.2, 0) is 0 Å². The van der Waals surface area contributed by atoms with Gasteiger partial charge in [-0.2, -0.15) is 0 Å². The van der Waals surface area contributed by atoms with Gasteiger partial charge in [-0.15, -0.1) is 10.0 Å². The summed E-state index contributed by atoms with van der Waals surface area (Å²) in [5, 5.41) is 8.84. The minimum Gasteiger partial charge on any atom is -0.305 e. The van der Waals surface area contributed by atoms with E-state index < -0.39 is 5.91 Å². The molecule has 14 heavy (non-hydrogen) atoms. The number of nitroso groups, excluding NO2 is 1. The Morgan fingerprint density at radius 3 is 2.71 bits per heavy atom. The predicted octanol–water partition coefficient (Wildman–Crippen LogP) is 2.16. The van der Waals surface area contributed by atoms with E-state index in [9.17, 15) is 9.70 Å². The molecule has 1 amide bonds. The molecular weight excluding hydrogens is 299 g/mol. The third kappa shape index (κ3) is 2.31. The molecule has 2 N–H and O–H groups in total. The minimum atomic E-state index is -0.883. The van der Waals surface area contributed by atoms with E-state index in [4.69, 9.17) is 5.84 Å². The largest absolute Gasteiger partial charge is 0.319 e. The van der Waals surface area contributed by atoms with Gasteiger partial charge < -0.3 is 5.84 Å². The first-order valence-corrected chi connectivity index (χ1v) is 4.55. The zero-order valence-electron chi connectivity index (χ0n) is 6.85. The van der Waals surface area contributed by atoms with Crippen molar-refractivity contribution in [2.24, 2.45) is 21.4 Å². The maximum Gasteiger partial charge on any atom is 0.319 e. The van der Waals surface area contributed by atoms with Crippen LogP contribution in [0.15, 0.2) is 33.7 Å². The second-order valence-corrected chi connectivity index (χ2v) is 3.52. The van der Waals surface area contributed by atoms with E-state index >= 15 is 0 Å². The molecule has 0 radical (unpaired) electrons. The Hall–Kier alpha value is -1.38. The van der Waals surface area contributed by atoms with E-state index in [1.165, 1.54) is 12.1 Å². The fraction of sp³-hybridized carbons (Fsp3) is 0. The van der Waals surface area contributed by atoms with Crippen molar-refractivity contribution in [2.75, 3.05) is 0 Å². The summed E-state index contributed by atoms with van der Waals surface area (Å²) in [5.74, 6) is 3.96. The quantitative estimate of drug-likeness (QED) is 0.298. The van der Waals surface area contributed by atoms with Gasteiger partial charge in [-0.1, -0.05) is 5.22 Å². The standard InChI is InChI=1S/C7H5IN4O2/c8-4-1-2-6(10-12-9)5(3-4)7(13)11-14/h1-3H,(H2,9,10). The molecule has 0 heterocycles. The molecule has 0 bridgehead atoms. The van der Waals surface area contributed by atoms with E-state index in [2.05, 4.69) is 15.5 Å². The van der Waals surface area contributed by atoms with Gasteiger partial charge in [-0.25, -0.2) is 0 Å². The van der Waals surface area contributed by atoms with Crippen molar-refractivity contribution >= 4 is 34.2 Å². The van der Waals surface area contributed by atoms with Crippen molar-refractivity contribution in [2.45, 2.75) is 0 Å². The highest BCUT2D eigenvalue weighted by Gasteiger charge is 2.12. The average molecular weight is 304 g/mol. The van der Waals surface area contributed by atoms with Gasteiger partial charge in [0, 0.05) is 8.75 Å². The molecule has 0 saturated heterocycles. The fourth-order valence-electron chi connectivity index (χ4n) is 0.878. The summed E-state index contributed by atoms with van der Waals surface area (Å²) in [6.45, 7) is 0. The lowest BCUT2D eigenvalue weighted by molar-refractivity contribution is 0.100. The van der Waals surface area contributed by atoms with Gasteiger partial charge in [0.1, 0.15) is 5.69 Å². The molecule has 1 aromatic rings. The van der Waals surface area contributed by atoms with Crippen molar-refractivity contribution in [1.82, 2.24) is 0 Å². The summed E-state index contributed by atoms with van der Waals surface area (Å²) in [6, 6.07) is 4.75. The first-order chi connectivity index (χ1) is 6.69. The van der Waals surface area contributed by atoms with Crippen LogP contribution < -0.4 is 5.84 Å². The second kappa shape index (κ2) is 4.74. The van der Waals surface area contributed by atoms with Crippen LogP contribution in [0.2, 0.25) is 0 Å². The van der Waals surface area contributed by atoms with Crippen LogP contribution in [0.25, 0.3) is 0 Å². The number of rotatable bonds is 2. The Kier molecular flexibility index (Phi) is 3.63. The molecule has 0 aromatic heterocycles. The summed E-state index contributed by atoms with van der Waals surface area (Å²) in [7, 11) is 0. The Balaban J connectivity index is 3.28. The van der Waals surface area contributed by atoms with Gasteiger partial charge in [0.15, 0.2) is 0 Å². The van der Waals surface area contributed by atoms with Crippen LogP contribution in [0.5, 0.6) is 0 Å². The van der Waals surface area contributed by atoms with Crippen LogP contribution in [-0.4, -0.2) is 5.91 Å². The van der Waals surface area contributed by atoms with Crippen molar-refractivity contribution in [3.63, 3.8) is 0 Å². The normalized spacial score (nSPS) is 10.4. The van der Waals surface area contributed by atoms with Crippen LogP contribution in [0.4, 0.5) is 5.69 Å². The summed E-state index contributed by atoms with van der Waals surface area (Å²) in [6.07, 6.45) is 0. The number of carbonyl (C=O) groups is 1. The molecule has 1 aromatic carbocycles. The lowest BCUT2D eigenvalue weighted by Crippen LogP contribution is -1.95. The number of nitrogens with two attached hydrogens (primary N) is 1. The summed E-state index contributed by atoms with van der Waals surface area (Å²) >= 11 is 2.00. The zero-order chi connectivity index (χ0) is 10.6. The lowest BCUT2D eigenvalue weighted by Gasteiger charge is -1.98. The number of amides is 1. The Morgan fingerprint density at radius 1 is 1.43 bits per heavy atom. The molecule has 72 valence electrons. The molecule has 1 rings (SSSR count). The number of benzene rings is 1. The second-order valence-electron chi connectivity index (χ2n) is 2.27. The Labute approximate surface area is 92.7 Å². The highest BCUT2D eigenvalue weighted by atomic mass is 127. The van der Waals surface area contributed by atoms with Crippen LogP contribution in [0.3, 0.4) is 0 Å². The van der Waals surface area contributed by atoms with Crippen LogP contribution >= 0.6 is 22.6 Å². The molecule has 0 spiro atoms. The van der Waals surface area contributed by atoms with E-state index in [0.29, 0.717) is 0 Å². The van der Waals surface area contributed by atoms with Gasteiger partial charge in [0.05, 0.1) is 5.56 Å². The number of hydrogen-bond acceptors (Lipinski definition) is 4. The van der Waals surface area contributed by atoms with Gasteiger partial charge >= 0.3 is 5.91 Å². The first-order valence-electron chi connectivity index (χ1n) is 3.47. The maximum absolute atomic E-state index is 11.0.